The number of aromatic nitrogens is 3. The maximum Gasteiger partial charge on any atom is 0.389 e. The van der Waals surface area contributed by atoms with E-state index in [0.717, 1.165) is 39.8 Å². The van der Waals surface area contributed by atoms with Gasteiger partial charge in [0.15, 0.2) is 5.82 Å². The Labute approximate surface area is 207 Å². The summed E-state index contributed by atoms with van der Waals surface area (Å²) in [7, 11) is 0. The third-order valence-electron chi connectivity index (χ3n) is 7.66. The lowest BCUT2D eigenvalue weighted by atomic mass is 9.77. The Morgan fingerprint density at radius 2 is 2.03 bits per heavy atom. The van der Waals surface area contributed by atoms with Crippen molar-refractivity contribution in [3.8, 4) is 6.07 Å². The number of nitriles is 1. The first-order valence-electron chi connectivity index (χ1n) is 12.0. The number of pyridine rings is 1. The average Bonchev–Trinajstić information content (AvgIpc) is 3.22. The molecule has 1 unspecified atom stereocenters. The first kappa shape index (κ1) is 24.3. The smallest absolute Gasteiger partial charge is 0.355 e. The first-order chi connectivity index (χ1) is 17.1. The van der Waals surface area contributed by atoms with E-state index in [1.165, 1.54) is 0 Å². The van der Waals surface area contributed by atoms with E-state index in [0.29, 0.717) is 37.3 Å². The number of anilines is 2. The van der Waals surface area contributed by atoms with E-state index >= 15 is 0 Å². The van der Waals surface area contributed by atoms with Gasteiger partial charge in [0.1, 0.15) is 12.0 Å². The zero-order chi connectivity index (χ0) is 25.7. The van der Waals surface area contributed by atoms with Gasteiger partial charge in [0, 0.05) is 41.9 Å². The summed E-state index contributed by atoms with van der Waals surface area (Å²) in [5, 5.41) is 22.8. The molecule has 1 spiro atoms. The molecule has 2 aromatic heterocycles. The van der Waals surface area contributed by atoms with Gasteiger partial charge in [-0.2, -0.15) is 23.5 Å². The number of rotatable bonds is 5. The summed E-state index contributed by atoms with van der Waals surface area (Å²) in [6.07, 6.45) is -1.56. The summed E-state index contributed by atoms with van der Waals surface area (Å²) >= 11 is 0. The zero-order valence-electron chi connectivity index (χ0n) is 20.2. The number of benzene rings is 1. The predicted octanol–water partition coefficient (Wildman–Crippen LogP) is 5.14. The number of alkyl halides is 3. The SMILES string of the molecule is Cc1c(C#N)cccc1[C@@H](N)Nc1nnc(C)c2cnc(N3CC4(CCC(CC(F)(F)F)C4)C3)cc12. The van der Waals surface area contributed by atoms with Crippen LogP contribution in [0.1, 0.15) is 54.2 Å². The van der Waals surface area contributed by atoms with Crippen LogP contribution in [-0.2, 0) is 0 Å². The van der Waals surface area contributed by atoms with Crippen LogP contribution < -0.4 is 16.0 Å². The minimum Gasteiger partial charge on any atom is -0.355 e. The van der Waals surface area contributed by atoms with Crippen molar-refractivity contribution >= 4 is 22.4 Å². The number of aryl methyl sites for hydroxylation is 1. The van der Waals surface area contributed by atoms with Gasteiger partial charge in [0.25, 0.3) is 0 Å². The molecule has 36 heavy (non-hydrogen) atoms. The van der Waals surface area contributed by atoms with Crippen LogP contribution in [0.2, 0.25) is 0 Å². The van der Waals surface area contributed by atoms with Crippen molar-refractivity contribution in [3.63, 3.8) is 0 Å². The van der Waals surface area contributed by atoms with Crippen LogP contribution >= 0.6 is 0 Å². The lowest BCUT2D eigenvalue weighted by molar-refractivity contribution is -0.144. The molecule has 2 fully saturated rings. The van der Waals surface area contributed by atoms with E-state index < -0.39 is 18.8 Å². The third-order valence-corrected chi connectivity index (χ3v) is 7.66. The quantitative estimate of drug-likeness (QED) is 0.472. The summed E-state index contributed by atoms with van der Waals surface area (Å²) in [5.41, 5.74) is 9.30. The summed E-state index contributed by atoms with van der Waals surface area (Å²) in [5.74, 6) is 0.990. The molecule has 1 aliphatic heterocycles. The minimum atomic E-state index is -4.10. The number of nitrogens with one attached hydrogen (secondary N) is 1. The zero-order valence-corrected chi connectivity index (χ0v) is 20.2. The van der Waals surface area contributed by atoms with Crippen molar-refractivity contribution in [1.29, 1.82) is 5.26 Å². The second-order valence-corrected chi connectivity index (χ2v) is 10.3. The molecule has 1 saturated heterocycles. The van der Waals surface area contributed by atoms with Crippen LogP contribution in [0.5, 0.6) is 0 Å². The number of nitrogens with zero attached hydrogens (tertiary/aromatic N) is 5. The van der Waals surface area contributed by atoms with E-state index in [9.17, 15) is 18.4 Å². The maximum atomic E-state index is 12.8. The molecule has 188 valence electrons. The lowest BCUT2D eigenvalue weighted by Gasteiger charge is -2.49. The fourth-order valence-electron chi connectivity index (χ4n) is 5.82. The maximum absolute atomic E-state index is 12.8. The molecule has 7 nitrogen and oxygen atoms in total. The van der Waals surface area contributed by atoms with Gasteiger partial charge < -0.3 is 16.0 Å². The van der Waals surface area contributed by atoms with Gasteiger partial charge in [-0.25, -0.2) is 4.98 Å². The highest BCUT2D eigenvalue weighted by atomic mass is 19.4. The van der Waals surface area contributed by atoms with E-state index in [1.807, 2.05) is 26.0 Å². The standard InChI is InChI=1S/C26H28F3N7/c1-15-18(11-30)4-3-5-19(15)23(31)33-24-20-8-22(32-12-21(20)16(2)34-35-24)36-13-25(14-36)7-6-17(9-25)10-26(27,28)29/h3-5,8,12,17,23H,6-7,9-10,13-14,31H2,1-2H3,(H,33,35)/t17?,23-/m0/s1. The number of hydrogen-bond acceptors (Lipinski definition) is 7. The monoisotopic (exact) mass is 495 g/mol. The molecular formula is C26H28F3N7. The van der Waals surface area contributed by atoms with Crippen molar-refractivity contribution in [1.82, 2.24) is 15.2 Å². The molecule has 3 N–H and O–H groups in total. The summed E-state index contributed by atoms with van der Waals surface area (Å²) in [6.45, 7) is 5.14. The molecular weight excluding hydrogens is 467 g/mol. The molecule has 3 heterocycles. The van der Waals surface area contributed by atoms with Gasteiger partial charge in [-0.15, -0.1) is 5.10 Å². The molecule has 5 rings (SSSR count). The van der Waals surface area contributed by atoms with Crippen LogP contribution in [0.4, 0.5) is 24.8 Å². The molecule has 0 amide bonds. The van der Waals surface area contributed by atoms with Crippen molar-refractivity contribution in [3.05, 3.63) is 52.8 Å². The van der Waals surface area contributed by atoms with E-state index in [4.69, 9.17) is 5.73 Å². The van der Waals surface area contributed by atoms with Gasteiger partial charge in [-0.05, 0) is 62.3 Å². The highest BCUT2D eigenvalue weighted by molar-refractivity contribution is 5.94. The molecule has 1 aliphatic carbocycles. The Kier molecular flexibility index (Phi) is 5.99. The number of hydrogen-bond donors (Lipinski definition) is 2. The minimum absolute atomic E-state index is 0.0499. The first-order valence-corrected chi connectivity index (χ1v) is 12.0. The predicted molar refractivity (Wildman–Crippen MR) is 131 cm³/mol. The van der Waals surface area contributed by atoms with Crippen LogP contribution in [-0.4, -0.2) is 34.4 Å². The van der Waals surface area contributed by atoms with E-state index in [-0.39, 0.29) is 11.3 Å². The fraction of sp³-hybridized carbons (Fsp3) is 0.462. The van der Waals surface area contributed by atoms with Gasteiger partial charge >= 0.3 is 6.18 Å². The Balaban J connectivity index is 1.36. The Bertz CT molecular complexity index is 1340. The van der Waals surface area contributed by atoms with E-state index in [1.54, 1.807) is 18.3 Å². The molecule has 2 aliphatic rings. The van der Waals surface area contributed by atoms with Gasteiger partial charge in [-0.3, -0.25) is 0 Å². The topological polar surface area (TPSA) is 104 Å². The second kappa shape index (κ2) is 8.89. The van der Waals surface area contributed by atoms with Crippen LogP contribution in [0.3, 0.4) is 0 Å². The molecule has 0 radical (unpaired) electrons. The fourth-order valence-corrected chi connectivity index (χ4v) is 5.82. The van der Waals surface area contributed by atoms with Gasteiger partial charge in [0.2, 0.25) is 0 Å². The summed E-state index contributed by atoms with van der Waals surface area (Å²) < 4.78 is 38.5. The Morgan fingerprint density at radius 1 is 1.25 bits per heavy atom. The van der Waals surface area contributed by atoms with Crippen molar-refractivity contribution in [2.75, 3.05) is 23.3 Å². The molecule has 10 heteroatoms. The van der Waals surface area contributed by atoms with Crippen LogP contribution in [0.15, 0.2) is 30.5 Å². The van der Waals surface area contributed by atoms with Crippen LogP contribution in [0.25, 0.3) is 10.8 Å². The number of halogens is 3. The van der Waals surface area contributed by atoms with Gasteiger partial charge in [-0.1, -0.05) is 12.1 Å². The molecule has 0 bridgehead atoms. The average molecular weight is 496 g/mol. The summed E-state index contributed by atoms with van der Waals surface area (Å²) in [6, 6.07) is 9.54. The summed E-state index contributed by atoms with van der Waals surface area (Å²) in [4.78, 5) is 6.74. The van der Waals surface area contributed by atoms with Crippen molar-refractivity contribution in [2.24, 2.45) is 17.1 Å². The third kappa shape index (κ3) is 4.55. The highest BCUT2D eigenvalue weighted by Crippen LogP contribution is 2.51. The highest BCUT2D eigenvalue weighted by Gasteiger charge is 2.50. The Hall–Kier alpha value is -3.45. The van der Waals surface area contributed by atoms with Crippen molar-refractivity contribution in [2.45, 2.75) is 51.9 Å². The van der Waals surface area contributed by atoms with Crippen molar-refractivity contribution < 1.29 is 13.2 Å². The normalized spacial score (nSPS) is 19.8. The van der Waals surface area contributed by atoms with E-state index in [2.05, 4.69) is 31.5 Å². The lowest BCUT2D eigenvalue weighted by Crippen LogP contribution is -2.55. The largest absolute Gasteiger partial charge is 0.389 e. The van der Waals surface area contributed by atoms with Gasteiger partial charge in [0.05, 0.1) is 17.3 Å². The number of fused-ring (bicyclic) bond motifs is 1. The molecule has 2 atom stereocenters. The molecule has 3 aromatic rings. The Morgan fingerprint density at radius 3 is 2.75 bits per heavy atom. The van der Waals surface area contributed by atoms with Crippen LogP contribution in [0, 0.1) is 36.5 Å². The molecule has 1 saturated carbocycles. The molecule has 1 aromatic carbocycles. The second-order valence-electron chi connectivity index (χ2n) is 10.3. The number of nitrogens with two attached hydrogens (primary N) is 1.